The van der Waals surface area contributed by atoms with Gasteiger partial charge in [-0.3, -0.25) is 5.32 Å². The normalized spacial score (nSPS) is 15.7. The minimum Gasteiger partial charge on any atom is -0.366 e. The molecule has 0 radical (unpaired) electrons. The van der Waals surface area contributed by atoms with Crippen molar-refractivity contribution in [2.75, 3.05) is 0 Å². The molecule has 1 aliphatic heterocycles. The van der Waals surface area contributed by atoms with Crippen LogP contribution in [0.2, 0.25) is 0 Å². The highest BCUT2D eigenvalue weighted by molar-refractivity contribution is 6.27. The van der Waals surface area contributed by atoms with Crippen LogP contribution in [0.25, 0.3) is 81.8 Å². The number of rotatable bonds is 5. The molecule has 11 rings (SSSR count). The molecule has 0 aromatic heterocycles. The van der Waals surface area contributed by atoms with Gasteiger partial charge in [0.15, 0.2) is 0 Å². The molecule has 2 nitrogen and oxygen atoms in total. The molecule has 10 aromatic rings. The molecule has 1 heterocycles. The summed E-state index contributed by atoms with van der Waals surface area (Å²) in [5.41, 5.74) is 9.75. The van der Waals surface area contributed by atoms with E-state index in [1.165, 1.54) is 87.2 Å². The highest BCUT2D eigenvalue weighted by Crippen LogP contribution is 2.46. The Labute approximate surface area is 326 Å². The molecule has 0 fully saturated rings. The fourth-order valence-corrected chi connectivity index (χ4v) is 9.14. The Bertz CT molecular complexity index is 3130. The van der Waals surface area contributed by atoms with Crippen molar-refractivity contribution < 1.29 is 0 Å². The van der Waals surface area contributed by atoms with E-state index < -0.39 is 0 Å². The minimum absolute atomic E-state index is 0.0181. The van der Waals surface area contributed by atoms with Gasteiger partial charge in [0.25, 0.3) is 0 Å². The van der Waals surface area contributed by atoms with Crippen LogP contribution in [0.3, 0.4) is 0 Å². The second kappa shape index (κ2) is 13.4. The average Bonchev–Trinajstić information content (AvgIpc) is 3.28. The quantitative estimate of drug-likeness (QED) is 0.137. The van der Waals surface area contributed by atoms with E-state index in [2.05, 4.69) is 217 Å². The SMILES string of the molecule is C1=C(c2ccc(-c3c4ccccc4c(-c4ccccc4)c4ccc5ccccc5c34)cc2)NC(c2ccccc2)NC1c1cc2ccccc2c2ccccc12. The first-order valence-corrected chi connectivity index (χ1v) is 19.5. The zero-order chi connectivity index (χ0) is 37.0. The number of hydrogen-bond donors (Lipinski definition) is 2. The lowest BCUT2D eigenvalue weighted by Gasteiger charge is -2.34. The zero-order valence-electron chi connectivity index (χ0n) is 30.8. The molecule has 0 aliphatic carbocycles. The molecule has 0 bridgehead atoms. The summed E-state index contributed by atoms with van der Waals surface area (Å²) in [6, 6.07) is 73.1. The lowest BCUT2D eigenvalue weighted by atomic mass is 9.84. The zero-order valence-corrected chi connectivity index (χ0v) is 30.8. The largest absolute Gasteiger partial charge is 0.366 e. The third-order valence-corrected chi connectivity index (χ3v) is 11.7. The Balaban J connectivity index is 1.09. The van der Waals surface area contributed by atoms with Crippen LogP contribution in [-0.4, -0.2) is 0 Å². The van der Waals surface area contributed by atoms with Crippen LogP contribution in [0.1, 0.15) is 28.9 Å². The molecule has 264 valence electrons. The van der Waals surface area contributed by atoms with Crippen LogP contribution >= 0.6 is 0 Å². The summed E-state index contributed by atoms with van der Waals surface area (Å²) >= 11 is 0. The summed E-state index contributed by atoms with van der Waals surface area (Å²) in [4.78, 5) is 0. The van der Waals surface area contributed by atoms with Crippen molar-refractivity contribution in [3.05, 3.63) is 223 Å². The number of hydrogen-bond acceptors (Lipinski definition) is 2. The first-order chi connectivity index (χ1) is 27.8. The van der Waals surface area contributed by atoms with Gasteiger partial charge in [0.2, 0.25) is 0 Å². The topological polar surface area (TPSA) is 24.1 Å². The summed E-state index contributed by atoms with van der Waals surface area (Å²) in [5.74, 6) is 0. The molecule has 1 aliphatic rings. The van der Waals surface area contributed by atoms with Crippen LogP contribution in [0.5, 0.6) is 0 Å². The fourth-order valence-electron chi connectivity index (χ4n) is 9.14. The molecule has 2 N–H and O–H groups in total. The summed E-state index contributed by atoms with van der Waals surface area (Å²) < 4.78 is 0. The van der Waals surface area contributed by atoms with Gasteiger partial charge >= 0.3 is 0 Å². The lowest BCUT2D eigenvalue weighted by Crippen LogP contribution is -2.39. The summed E-state index contributed by atoms with van der Waals surface area (Å²) in [6.45, 7) is 0. The molecular weight excluding hydrogens is 677 g/mol. The van der Waals surface area contributed by atoms with Crippen LogP contribution in [0, 0.1) is 0 Å². The Morgan fingerprint density at radius 3 is 1.66 bits per heavy atom. The number of benzene rings is 10. The van der Waals surface area contributed by atoms with Crippen molar-refractivity contribution in [2.45, 2.75) is 12.2 Å². The average molecular weight is 715 g/mol. The van der Waals surface area contributed by atoms with Crippen LogP contribution < -0.4 is 10.6 Å². The molecule has 56 heavy (non-hydrogen) atoms. The highest BCUT2D eigenvalue weighted by Gasteiger charge is 2.26. The number of nitrogens with one attached hydrogen (secondary N) is 2. The van der Waals surface area contributed by atoms with E-state index in [9.17, 15) is 0 Å². The predicted octanol–water partition coefficient (Wildman–Crippen LogP) is 13.8. The van der Waals surface area contributed by atoms with E-state index in [4.69, 9.17) is 0 Å². The molecule has 2 unspecified atom stereocenters. The van der Waals surface area contributed by atoms with Gasteiger partial charge in [0.1, 0.15) is 6.17 Å². The maximum Gasteiger partial charge on any atom is 0.104 e. The minimum atomic E-state index is -0.0732. The third kappa shape index (κ3) is 5.38. The standard InChI is InChI=1S/C54H38N2/c1-3-16-37(17-4-1)51-45-25-13-14-26-46(45)52(53-42-22-10-7-15-35(42)31-32-47(51)53)38-29-27-36(28-30-38)49-34-50(56-54(55-49)39-18-5-2-6-19-39)48-33-40-20-8-9-21-41(40)43-23-11-12-24-44(43)48/h1-34,50,54-56H. The molecule has 0 saturated carbocycles. The van der Waals surface area contributed by atoms with Crippen LogP contribution in [-0.2, 0) is 0 Å². The van der Waals surface area contributed by atoms with Crippen molar-refractivity contribution in [3.63, 3.8) is 0 Å². The maximum absolute atomic E-state index is 3.97. The van der Waals surface area contributed by atoms with E-state index in [1.54, 1.807) is 0 Å². The Morgan fingerprint density at radius 1 is 0.357 bits per heavy atom. The van der Waals surface area contributed by atoms with Crippen molar-refractivity contribution in [3.8, 4) is 22.3 Å². The molecule has 10 aromatic carbocycles. The van der Waals surface area contributed by atoms with Gasteiger partial charge in [0.05, 0.1) is 6.04 Å². The van der Waals surface area contributed by atoms with Crippen molar-refractivity contribution >= 4 is 59.6 Å². The molecular formula is C54H38N2. The van der Waals surface area contributed by atoms with Gasteiger partial charge in [-0.05, 0) is 105 Å². The van der Waals surface area contributed by atoms with E-state index in [-0.39, 0.29) is 12.2 Å². The summed E-state index contributed by atoms with van der Waals surface area (Å²) in [7, 11) is 0. The maximum atomic E-state index is 3.97. The van der Waals surface area contributed by atoms with Gasteiger partial charge in [-0.15, -0.1) is 0 Å². The molecule has 0 spiro atoms. The third-order valence-electron chi connectivity index (χ3n) is 11.7. The van der Waals surface area contributed by atoms with Crippen LogP contribution in [0.15, 0.2) is 206 Å². The Morgan fingerprint density at radius 2 is 0.911 bits per heavy atom. The monoisotopic (exact) mass is 714 g/mol. The Kier molecular flexibility index (Phi) is 7.75. The van der Waals surface area contributed by atoms with Gasteiger partial charge in [-0.2, -0.15) is 0 Å². The molecule has 2 atom stereocenters. The van der Waals surface area contributed by atoms with E-state index >= 15 is 0 Å². The van der Waals surface area contributed by atoms with E-state index in [0.717, 1.165) is 11.3 Å². The molecule has 0 saturated heterocycles. The van der Waals surface area contributed by atoms with Crippen molar-refractivity contribution in [1.82, 2.24) is 10.6 Å². The highest BCUT2D eigenvalue weighted by atomic mass is 15.2. The second-order valence-electron chi connectivity index (χ2n) is 14.9. The van der Waals surface area contributed by atoms with E-state index in [1.807, 2.05) is 0 Å². The number of fused-ring (bicyclic) bond motifs is 7. The van der Waals surface area contributed by atoms with Gasteiger partial charge in [-0.1, -0.05) is 194 Å². The fraction of sp³-hybridized carbons (Fsp3) is 0.0370. The van der Waals surface area contributed by atoms with Crippen LogP contribution in [0.4, 0.5) is 0 Å². The first kappa shape index (κ1) is 32.4. The van der Waals surface area contributed by atoms with Gasteiger partial charge in [-0.25, -0.2) is 0 Å². The Hall–Kier alpha value is -7.00. The first-order valence-electron chi connectivity index (χ1n) is 19.5. The van der Waals surface area contributed by atoms with Gasteiger partial charge in [0, 0.05) is 5.70 Å². The van der Waals surface area contributed by atoms with E-state index in [0.29, 0.717) is 0 Å². The molecule has 2 heteroatoms. The summed E-state index contributed by atoms with van der Waals surface area (Å²) in [6.07, 6.45) is 2.30. The smallest absolute Gasteiger partial charge is 0.104 e. The lowest BCUT2D eigenvalue weighted by molar-refractivity contribution is 0.444. The van der Waals surface area contributed by atoms with Crippen molar-refractivity contribution in [2.24, 2.45) is 0 Å². The second-order valence-corrected chi connectivity index (χ2v) is 14.9. The summed E-state index contributed by atoms with van der Waals surface area (Å²) in [5, 5.41) is 20.5. The van der Waals surface area contributed by atoms with Crippen molar-refractivity contribution in [1.29, 1.82) is 0 Å². The predicted molar refractivity (Wildman–Crippen MR) is 237 cm³/mol. The molecule has 0 amide bonds. The van der Waals surface area contributed by atoms with Gasteiger partial charge < -0.3 is 5.32 Å².